The van der Waals surface area contributed by atoms with Crippen molar-refractivity contribution in [1.82, 2.24) is 0 Å². The predicted octanol–water partition coefficient (Wildman–Crippen LogP) is 4.54. The zero-order valence-electron chi connectivity index (χ0n) is 9.90. The lowest BCUT2D eigenvalue weighted by atomic mass is 9.98. The molecular weight excluding hydrogens is 204 g/mol. The molecule has 2 aromatic rings. The molecule has 0 amide bonds. The average molecular weight is 218 g/mol. The summed E-state index contributed by atoms with van der Waals surface area (Å²) in [4.78, 5) is 0. The minimum atomic E-state index is 1.15. The Morgan fingerprint density at radius 1 is 0.765 bits per heavy atom. The average Bonchev–Trinajstić information content (AvgIpc) is 2.64. The number of hydrogen-bond donors (Lipinski definition) is 0. The first-order chi connectivity index (χ1) is 8.29. The van der Waals surface area contributed by atoms with E-state index in [0.29, 0.717) is 0 Å². The van der Waals surface area contributed by atoms with E-state index >= 15 is 0 Å². The van der Waals surface area contributed by atoms with E-state index in [1.54, 1.807) is 0 Å². The van der Waals surface area contributed by atoms with Crippen molar-refractivity contribution in [2.45, 2.75) is 6.92 Å². The lowest BCUT2D eigenvalue weighted by Crippen LogP contribution is -1.86. The second-order valence-corrected chi connectivity index (χ2v) is 4.39. The Bertz CT molecular complexity index is 615. The van der Waals surface area contributed by atoms with Crippen molar-refractivity contribution < 1.29 is 0 Å². The van der Waals surface area contributed by atoms with Gasteiger partial charge in [0.2, 0.25) is 0 Å². The van der Waals surface area contributed by atoms with Gasteiger partial charge in [-0.1, -0.05) is 61.2 Å². The van der Waals surface area contributed by atoms with Gasteiger partial charge in [0.25, 0.3) is 0 Å². The molecule has 0 fully saturated rings. The van der Waals surface area contributed by atoms with Crippen LogP contribution in [0, 0.1) is 0 Å². The molecule has 0 saturated heterocycles. The minimum Gasteiger partial charge on any atom is -0.0908 e. The highest BCUT2D eigenvalue weighted by Gasteiger charge is 2.22. The number of hydrogen-bond acceptors (Lipinski definition) is 0. The van der Waals surface area contributed by atoms with Crippen LogP contribution >= 0.6 is 0 Å². The van der Waals surface area contributed by atoms with Gasteiger partial charge < -0.3 is 0 Å². The smallest absolute Gasteiger partial charge is 0.00699 e. The Hall–Kier alpha value is -2.08. The van der Waals surface area contributed by atoms with Crippen LogP contribution in [0.3, 0.4) is 0 Å². The maximum absolute atomic E-state index is 4.19. The molecule has 0 atom stereocenters. The fourth-order valence-corrected chi connectivity index (χ4v) is 2.50. The molecule has 0 bridgehead atoms. The molecule has 0 N–H and O–H groups in total. The highest BCUT2D eigenvalue weighted by molar-refractivity contribution is 6.03. The third-order valence-corrected chi connectivity index (χ3v) is 3.41. The van der Waals surface area contributed by atoms with Gasteiger partial charge in [-0.05, 0) is 40.3 Å². The van der Waals surface area contributed by atoms with Gasteiger partial charge in [-0.2, -0.15) is 0 Å². The molecule has 0 aromatic heterocycles. The normalized spacial score (nSPS) is 14.1. The third kappa shape index (κ3) is 1.45. The zero-order valence-corrected chi connectivity index (χ0v) is 9.90. The van der Waals surface area contributed by atoms with Crippen LogP contribution in [-0.4, -0.2) is 0 Å². The van der Waals surface area contributed by atoms with Crippen LogP contribution in [0.1, 0.15) is 23.6 Å². The number of rotatable bonds is 1. The fraction of sp³-hybridized carbons (Fsp3) is 0.0588. The monoisotopic (exact) mass is 218 g/mol. The fourth-order valence-electron chi connectivity index (χ4n) is 2.50. The van der Waals surface area contributed by atoms with Crippen molar-refractivity contribution in [3.63, 3.8) is 0 Å². The van der Waals surface area contributed by atoms with Crippen LogP contribution in [0.25, 0.3) is 11.1 Å². The molecule has 2 aromatic carbocycles. The predicted molar refractivity (Wildman–Crippen MR) is 73.6 cm³/mol. The highest BCUT2D eigenvalue weighted by Crippen LogP contribution is 2.42. The van der Waals surface area contributed by atoms with Crippen LogP contribution in [0.5, 0.6) is 0 Å². The maximum atomic E-state index is 4.19. The molecular formula is C17H14. The second kappa shape index (κ2) is 3.74. The molecule has 17 heavy (non-hydrogen) atoms. The SMILES string of the molecule is C=C1C(C)=C(c2ccccc2)c2ccccc21. The number of allylic oxidation sites excluding steroid dienone is 2. The Balaban J connectivity index is 2.27. The third-order valence-electron chi connectivity index (χ3n) is 3.41. The molecule has 0 spiro atoms. The Kier molecular flexibility index (Phi) is 2.22. The molecule has 0 aliphatic heterocycles. The summed E-state index contributed by atoms with van der Waals surface area (Å²) in [5.74, 6) is 0. The van der Waals surface area contributed by atoms with Gasteiger partial charge in [-0.3, -0.25) is 0 Å². The van der Waals surface area contributed by atoms with Gasteiger partial charge in [0.15, 0.2) is 0 Å². The Morgan fingerprint density at radius 3 is 2.06 bits per heavy atom. The van der Waals surface area contributed by atoms with Crippen molar-refractivity contribution in [3.8, 4) is 0 Å². The Labute approximate surface area is 102 Å². The first-order valence-electron chi connectivity index (χ1n) is 5.84. The molecule has 0 radical (unpaired) electrons. The lowest BCUT2D eigenvalue weighted by molar-refractivity contribution is 1.53. The largest absolute Gasteiger partial charge is 0.0908 e. The quantitative estimate of drug-likeness (QED) is 0.659. The van der Waals surface area contributed by atoms with Crippen molar-refractivity contribution in [2.75, 3.05) is 0 Å². The van der Waals surface area contributed by atoms with Crippen LogP contribution in [0.4, 0.5) is 0 Å². The molecule has 0 saturated carbocycles. The number of fused-ring (bicyclic) bond motifs is 1. The summed E-state index contributed by atoms with van der Waals surface area (Å²) in [5, 5.41) is 0. The first kappa shape index (κ1) is 10.1. The molecule has 1 aliphatic carbocycles. The highest BCUT2D eigenvalue weighted by atomic mass is 14.3. The van der Waals surface area contributed by atoms with Crippen LogP contribution in [-0.2, 0) is 0 Å². The summed E-state index contributed by atoms with van der Waals surface area (Å²) in [6, 6.07) is 19.0. The van der Waals surface area contributed by atoms with E-state index in [1.807, 2.05) is 0 Å². The Morgan fingerprint density at radius 2 is 1.35 bits per heavy atom. The van der Waals surface area contributed by atoms with Gasteiger partial charge in [-0.25, -0.2) is 0 Å². The molecule has 0 unspecified atom stereocenters. The van der Waals surface area contributed by atoms with Crippen LogP contribution in [0.2, 0.25) is 0 Å². The van der Waals surface area contributed by atoms with E-state index < -0.39 is 0 Å². The topological polar surface area (TPSA) is 0 Å². The van der Waals surface area contributed by atoms with Gasteiger partial charge in [-0.15, -0.1) is 0 Å². The van der Waals surface area contributed by atoms with Crippen LogP contribution < -0.4 is 0 Å². The van der Waals surface area contributed by atoms with E-state index in [1.165, 1.54) is 27.8 Å². The summed E-state index contributed by atoms with van der Waals surface area (Å²) >= 11 is 0. The lowest BCUT2D eigenvalue weighted by Gasteiger charge is -2.06. The summed E-state index contributed by atoms with van der Waals surface area (Å²) < 4.78 is 0. The van der Waals surface area contributed by atoms with Gasteiger partial charge in [0.05, 0.1) is 0 Å². The van der Waals surface area contributed by atoms with Crippen molar-refractivity contribution >= 4 is 11.1 Å². The van der Waals surface area contributed by atoms with E-state index in [9.17, 15) is 0 Å². The van der Waals surface area contributed by atoms with Crippen molar-refractivity contribution in [1.29, 1.82) is 0 Å². The minimum absolute atomic E-state index is 1.15. The van der Waals surface area contributed by atoms with Gasteiger partial charge in [0, 0.05) is 0 Å². The molecule has 0 heterocycles. The second-order valence-electron chi connectivity index (χ2n) is 4.39. The molecule has 3 rings (SSSR count). The molecule has 0 heteroatoms. The van der Waals surface area contributed by atoms with E-state index in [-0.39, 0.29) is 0 Å². The molecule has 1 aliphatic rings. The number of benzene rings is 2. The van der Waals surface area contributed by atoms with E-state index in [4.69, 9.17) is 0 Å². The molecule has 0 nitrogen and oxygen atoms in total. The van der Waals surface area contributed by atoms with E-state index in [2.05, 4.69) is 68.1 Å². The summed E-state index contributed by atoms with van der Waals surface area (Å²) in [7, 11) is 0. The van der Waals surface area contributed by atoms with Gasteiger partial charge >= 0.3 is 0 Å². The standard InChI is InChI=1S/C17H14/c1-12-13(2)17(14-8-4-3-5-9-14)16-11-7-6-10-15(12)16/h3-11H,1H2,2H3. The summed E-state index contributed by atoms with van der Waals surface area (Å²) in [6.07, 6.45) is 0. The molecule has 82 valence electrons. The van der Waals surface area contributed by atoms with Crippen molar-refractivity contribution in [2.24, 2.45) is 0 Å². The van der Waals surface area contributed by atoms with E-state index in [0.717, 1.165) is 5.57 Å². The summed E-state index contributed by atoms with van der Waals surface area (Å²) in [6.45, 7) is 6.35. The summed E-state index contributed by atoms with van der Waals surface area (Å²) in [5.41, 5.74) is 7.62. The zero-order chi connectivity index (χ0) is 11.8. The first-order valence-corrected chi connectivity index (χ1v) is 5.84. The van der Waals surface area contributed by atoms with Crippen LogP contribution in [0.15, 0.2) is 66.7 Å². The van der Waals surface area contributed by atoms with Gasteiger partial charge in [0.1, 0.15) is 0 Å². The maximum Gasteiger partial charge on any atom is -0.00699 e. The van der Waals surface area contributed by atoms with Crippen molar-refractivity contribution in [3.05, 3.63) is 83.4 Å².